The van der Waals surface area contributed by atoms with Crippen LogP contribution in [0.1, 0.15) is 0 Å². The van der Waals surface area contributed by atoms with Gasteiger partial charge < -0.3 is 0 Å². The van der Waals surface area contributed by atoms with Gasteiger partial charge in [-0.15, -0.1) is 0 Å². The number of fused-ring (bicyclic) bond motifs is 1. The maximum Gasteiger partial charge on any atom is 0.299 e. The summed E-state index contributed by atoms with van der Waals surface area (Å²) in [6, 6.07) is 6.93. The number of nitrogens with zero attached hydrogens (tertiary/aromatic N) is 3. The molecule has 3 rings (SSSR count). The molecule has 0 spiro atoms. The van der Waals surface area contributed by atoms with E-state index in [0.717, 1.165) is 0 Å². The van der Waals surface area contributed by atoms with Crippen molar-refractivity contribution in [1.29, 1.82) is 0 Å². The van der Waals surface area contributed by atoms with Gasteiger partial charge in [0, 0.05) is 17.4 Å². The fourth-order valence-corrected chi connectivity index (χ4v) is 1.74. The van der Waals surface area contributed by atoms with Crippen molar-refractivity contribution in [2.24, 2.45) is 0 Å². The molecule has 0 saturated heterocycles. The van der Waals surface area contributed by atoms with Gasteiger partial charge >= 0.3 is 0 Å². The second-order valence-electron chi connectivity index (χ2n) is 3.48. The SMILES string of the molecule is O=c1c2nccnc2[nH]n1-c1ccc(Cl)cc1. The van der Waals surface area contributed by atoms with E-state index >= 15 is 0 Å². The lowest BCUT2D eigenvalue weighted by atomic mass is 10.3. The molecule has 1 N–H and O–H groups in total. The first-order chi connectivity index (χ1) is 8.25. The molecule has 17 heavy (non-hydrogen) atoms. The van der Waals surface area contributed by atoms with Gasteiger partial charge in [-0.05, 0) is 24.3 Å². The summed E-state index contributed by atoms with van der Waals surface area (Å²) in [5.41, 5.74) is 1.25. The standard InChI is InChI=1S/C11H7ClN4O/c12-7-1-3-8(4-2-7)16-11(17)9-10(15-16)14-6-5-13-9/h1-6H,(H,14,15). The number of aromatic amines is 1. The van der Waals surface area contributed by atoms with Gasteiger partial charge in [-0.3, -0.25) is 9.89 Å². The van der Waals surface area contributed by atoms with Crippen LogP contribution in [0, 0.1) is 0 Å². The van der Waals surface area contributed by atoms with Crippen LogP contribution in [-0.2, 0) is 0 Å². The fourth-order valence-electron chi connectivity index (χ4n) is 1.61. The summed E-state index contributed by atoms with van der Waals surface area (Å²) in [6.07, 6.45) is 3.02. The van der Waals surface area contributed by atoms with Crippen LogP contribution < -0.4 is 5.56 Å². The lowest BCUT2D eigenvalue weighted by Gasteiger charge is -1.99. The third kappa shape index (κ3) is 1.60. The van der Waals surface area contributed by atoms with Gasteiger partial charge in [0.2, 0.25) is 0 Å². The number of halogens is 1. The Bertz CT molecular complexity index is 729. The smallest absolute Gasteiger partial charge is 0.272 e. The van der Waals surface area contributed by atoms with E-state index in [2.05, 4.69) is 15.1 Å². The van der Waals surface area contributed by atoms with E-state index in [1.54, 1.807) is 24.3 Å². The van der Waals surface area contributed by atoms with Crippen molar-refractivity contribution in [3.05, 3.63) is 52.0 Å². The molecule has 84 valence electrons. The molecule has 0 amide bonds. The molecular formula is C11H7ClN4O. The zero-order chi connectivity index (χ0) is 11.8. The van der Waals surface area contributed by atoms with Gasteiger partial charge in [-0.2, -0.15) is 0 Å². The third-order valence-electron chi connectivity index (χ3n) is 2.41. The van der Waals surface area contributed by atoms with Crippen LogP contribution in [0.15, 0.2) is 41.5 Å². The molecule has 2 aromatic heterocycles. The molecule has 0 radical (unpaired) electrons. The zero-order valence-corrected chi connectivity index (χ0v) is 9.35. The molecule has 5 nitrogen and oxygen atoms in total. The summed E-state index contributed by atoms with van der Waals surface area (Å²) in [6.45, 7) is 0. The Labute approximate surface area is 101 Å². The fraction of sp³-hybridized carbons (Fsp3) is 0. The van der Waals surface area contributed by atoms with Crippen LogP contribution in [-0.4, -0.2) is 19.7 Å². The Kier molecular flexibility index (Phi) is 2.19. The Balaban J connectivity index is 2.27. The number of H-pyrrole nitrogens is 1. The number of aromatic nitrogens is 4. The minimum absolute atomic E-state index is 0.226. The summed E-state index contributed by atoms with van der Waals surface area (Å²) >= 11 is 5.80. The van der Waals surface area contributed by atoms with Gasteiger partial charge in [0.25, 0.3) is 5.56 Å². The molecule has 6 heteroatoms. The summed E-state index contributed by atoms with van der Waals surface area (Å²) in [4.78, 5) is 20.0. The highest BCUT2D eigenvalue weighted by molar-refractivity contribution is 6.30. The van der Waals surface area contributed by atoms with Crippen LogP contribution >= 0.6 is 11.6 Å². The number of hydrogen-bond acceptors (Lipinski definition) is 3. The van der Waals surface area contributed by atoms with E-state index in [1.165, 1.54) is 17.1 Å². The van der Waals surface area contributed by atoms with E-state index in [-0.39, 0.29) is 5.56 Å². The van der Waals surface area contributed by atoms with Crippen LogP contribution in [0.3, 0.4) is 0 Å². The normalized spacial score (nSPS) is 10.9. The van der Waals surface area contributed by atoms with Crippen molar-refractivity contribution >= 4 is 22.8 Å². The average molecular weight is 247 g/mol. The van der Waals surface area contributed by atoms with E-state index in [0.29, 0.717) is 21.9 Å². The van der Waals surface area contributed by atoms with Crippen LogP contribution in [0.4, 0.5) is 0 Å². The van der Waals surface area contributed by atoms with Gasteiger partial charge in [0.05, 0.1) is 5.69 Å². The maximum atomic E-state index is 12.0. The van der Waals surface area contributed by atoms with Crippen molar-refractivity contribution in [3.63, 3.8) is 0 Å². The molecular weight excluding hydrogens is 240 g/mol. The lowest BCUT2D eigenvalue weighted by molar-refractivity contribution is 0.858. The predicted molar refractivity (Wildman–Crippen MR) is 64.5 cm³/mol. The molecule has 0 atom stereocenters. The summed E-state index contributed by atoms with van der Waals surface area (Å²) in [5, 5.41) is 3.51. The first kappa shape index (κ1) is 10.0. The summed E-state index contributed by atoms with van der Waals surface area (Å²) in [7, 11) is 0. The Morgan fingerprint density at radius 2 is 1.82 bits per heavy atom. The lowest BCUT2D eigenvalue weighted by Crippen LogP contribution is -2.14. The van der Waals surface area contributed by atoms with Gasteiger partial charge in [0.1, 0.15) is 0 Å². The highest BCUT2D eigenvalue weighted by atomic mass is 35.5. The van der Waals surface area contributed by atoms with E-state index in [1.807, 2.05) is 0 Å². The van der Waals surface area contributed by atoms with Crippen molar-refractivity contribution in [3.8, 4) is 5.69 Å². The average Bonchev–Trinajstić information content (AvgIpc) is 2.69. The summed E-state index contributed by atoms with van der Waals surface area (Å²) in [5.74, 6) is 0. The molecule has 0 aliphatic rings. The molecule has 0 aliphatic heterocycles. The summed E-state index contributed by atoms with van der Waals surface area (Å²) < 4.78 is 1.39. The van der Waals surface area contributed by atoms with Crippen molar-refractivity contribution < 1.29 is 0 Å². The van der Waals surface area contributed by atoms with Gasteiger partial charge in [-0.1, -0.05) is 11.6 Å². The third-order valence-corrected chi connectivity index (χ3v) is 2.66. The monoisotopic (exact) mass is 246 g/mol. The molecule has 0 fully saturated rings. The minimum Gasteiger partial charge on any atom is -0.272 e. The van der Waals surface area contributed by atoms with Crippen molar-refractivity contribution in [2.45, 2.75) is 0 Å². The molecule has 2 heterocycles. The maximum absolute atomic E-state index is 12.0. The molecule has 3 aromatic rings. The van der Waals surface area contributed by atoms with Crippen LogP contribution in [0.5, 0.6) is 0 Å². The number of hydrogen-bond donors (Lipinski definition) is 1. The quantitative estimate of drug-likeness (QED) is 0.712. The molecule has 0 unspecified atom stereocenters. The van der Waals surface area contributed by atoms with Gasteiger partial charge in [0.15, 0.2) is 11.2 Å². The Hall–Kier alpha value is -2.14. The number of benzene rings is 1. The van der Waals surface area contributed by atoms with E-state index in [4.69, 9.17) is 11.6 Å². The zero-order valence-electron chi connectivity index (χ0n) is 8.59. The molecule has 0 aliphatic carbocycles. The first-order valence-electron chi connectivity index (χ1n) is 4.93. The van der Waals surface area contributed by atoms with Gasteiger partial charge in [-0.25, -0.2) is 14.6 Å². The highest BCUT2D eigenvalue weighted by Gasteiger charge is 2.09. The predicted octanol–water partition coefficient (Wildman–Crippen LogP) is 1.76. The molecule has 1 aromatic carbocycles. The number of nitrogens with one attached hydrogen (secondary N) is 1. The van der Waals surface area contributed by atoms with Crippen molar-refractivity contribution in [1.82, 2.24) is 19.7 Å². The topological polar surface area (TPSA) is 63.6 Å². The Morgan fingerprint density at radius 1 is 1.12 bits per heavy atom. The van der Waals surface area contributed by atoms with Crippen molar-refractivity contribution in [2.75, 3.05) is 0 Å². The second-order valence-corrected chi connectivity index (χ2v) is 3.92. The molecule has 0 bridgehead atoms. The van der Waals surface area contributed by atoms with Crippen LogP contribution in [0.2, 0.25) is 5.02 Å². The number of rotatable bonds is 1. The Morgan fingerprint density at radius 3 is 2.53 bits per heavy atom. The highest BCUT2D eigenvalue weighted by Crippen LogP contribution is 2.12. The largest absolute Gasteiger partial charge is 0.299 e. The first-order valence-corrected chi connectivity index (χ1v) is 5.31. The molecule has 0 saturated carbocycles. The minimum atomic E-state index is -0.226. The van der Waals surface area contributed by atoms with Crippen LogP contribution in [0.25, 0.3) is 16.9 Å². The second kappa shape index (κ2) is 3.71. The van der Waals surface area contributed by atoms with E-state index < -0.39 is 0 Å². The van der Waals surface area contributed by atoms with E-state index in [9.17, 15) is 4.79 Å².